The molecular formula is C15H18N2O4. The Morgan fingerprint density at radius 3 is 2.86 bits per heavy atom. The van der Waals surface area contributed by atoms with E-state index in [2.05, 4.69) is 5.32 Å². The fraction of sp³-hybridized carbons (Fsp3) is 0.333. The molecule has 1 N–H and O–H groups in total. The largest absolute Gasteiger partial charge is 0.490 e. The van der Waals surface area contributed by atoms with E-state index in [1.807, 2.05) is 25.1 Å². The number of ether oxygens (including phenoxy) is 1. The van der Waals surface area contributed by atoms with E-state index in [0.29, 0.717) is 6.54 Å². The lowest BCUT2D eigenvalue weighted by Crippen LogP contribution is -2.27. The molecule has 112 valence electrons. The number of furan rings is 1. The molecule has 0 aliphatic carbocycles. The number of nitrogens with zero attached hydrogens (tertiary/aromatic N) is 1. The second-order valence-corrected chi connectivity index (χ2v) is 4.83. The van der Waals surface area contributed by atoms with Crippen LogP contribution in [0.15, 0.2) is 41.0 Å². The lowest BCUT2D eigenvalue weighted by molar-refractivity contribution is -0.385. The van der Waals surface area contributed by atoms with Gasteiger partial charge in [0.05, 0.1) is 18.3 Å². The molecule has 1 heterocycles. The minimum Gasteiger partial charge on any atom is -0.490 e. The maximum Gasteiger partial charge on any atom is 0.311 e. The van der Waals surface area contributed by atoms with Gasteiger partial charge in [0, 0.05) is 25.1 Å². The van der Waals surface area contributed by atoms with Gasteiger partial charge in [-0.25, -0.2) is 0 Å². The van der Waals surface area contributed by atoms with Gasteiger partial charge in [-0.05, 0) is 30.7 Å². The first-order chi connectivity index (χ1) is 10.1. The first-order valence-electron chi connectivity index (χ1n) is 6.67. The van der Waals surface area contributed by atoms with E-state index in [1.54, 1.807) is 12.3 Å². The minimum atomic E-state index is -0.436. The van der Waals surface area contributed by atoms with Crippen molar-refractivity contribution in [2.75, 3.05) is 7.11 Å². The van der Waals surface area contributed by atoms with Crippen LogP contribution in [0.1, 0.15) is 18.2 Å². The van der Waals surface area contributed by atoms with Crippen molar-refractivity contribution in [1.29, 1.82) is 0 Å². The average molecular weight is 290 g/mol. The molecule has 0 radical (unpaired) electrons. The predicted molar refractivity (Wildman–Crippen MR) is 78.4 cm³/mol. The number of nitrogens with one attached hydrogen (secondary N) is 1. The van der Waals surface area contributed by atoms with Crippen molar-refractivity contribution in [3.63, 3.8) is 0 Å². The zero-order chi connectivity index (χ0) is 15.2. The lowest BCUT2D eigenvalue weighted by atomic mass is 10.1. The zero-order valence-electron chi connectivity index (χ0n) is 12.0. The SMILES string of the molecule is COc1ccc(CNC(C)Cc2ccco2)cc1[N+](=O)[O-]. The van der Waals surface area contributed by atoms with Gasteiger partial charge in [0.15, 0.2) is 5.75 Å². The predicted octanol–water partition coefficient (Wildman–Crippen LogP) is 2.92. The summed E-state index contributed by atoms with van der Waals surface area (Å²) in [5.41, 5.74) is 0.823. The molecule has 0 saturated carbocycles. The van der Waals surface area contributed by atoms with E-state index < -0.39 is 4.92 Å². The summed E-state index contributed by atoms with van der Waals surface area (Å²) in [6, 6.07) is 8.96. The Bertz CT molecular complexity index is 596. The molecule has 6 heteroatoms. The zero-order valence-corrected chi connectivity index (χ0v) is 12.0. The highest BCUT2D eigenvalue weighted by Gasteiger charge is 2.15. The van der Waals surface area contributed by atoms with E-state index in [4.69, 9.17) is 9.15 Å². The van der Waals surface area contributed by atoms with Gasteiger partial charge in [-0.1, -0.05) is 6.07 Å². The third-order valence-electron chi connectivity index (χ3n) is 3.18. The highest BCUT2D eigenvalue weighted by molar-refractivity contribution is 5.48. The molecule has 1 aromatic carbocycles. The van der Waals surface area contributed by atoms with E-state index in [9.17, 15) is 10.1 Å². The molecule has 1 unspecified atom stereocenters. The molecule has 21 heavy (non-hydrogen) atoms. The van der Waals surface area contributed by atoms with Crippen molar-refractivity contribution in [2.24, 2.45) is 0 Å². The highest BCUT2D eigenvalue weighted by Crippen LogP contribution is 2.27. The van der Waals surface area contributed by atoms with E-state index in [-0.39, 0.29) is 17.5 Å². The summed E-state index contributed by atoms with van der Waals surface area (Å²) in [6.45, 7) is 2.59. The van der Waals surface area contributed by atoms with Crippen LogP contribution in [-0.2, 0) is 13.0 Å². The fourth-order valence-electron chi connectivity index (χ4n) is 2.08. The van der Waals surface area contributed by atoms with Crippen molar-refractivity contribution in [3.05, 3.63) is 58.0 Å². The van der Waals surface area contributed by atoms with Crippen molar-refractivity contribution in [1.82, 2.24) is 5.32 Å². The Hall–Kier alpha value is -2.34. The number of hydrogen-bond acceptors (Lipinski definition) is 5. The summed E-state index contributed by atoms with van der Waals surface area (Å²) >= 11 is 0. The smallest absolute Gasteiger partial charge is 0.311 e. The van der Waals surface area contributed by atoms with Crippen LogP contribution in [0.4, 0.5) is 5.69 Å². The molecule has 0 fully saturated rings. The van der Waals surface area contributed by atoms with Crippen molar-refractivity contribution in [3.8, 4) is 5.75 Å². The summed E-state index contributed by atoms with van der Waals surface area (Å²) in [4.78, 5) is 10.5. The van der Waals surface area contributed by atoms with Crippen molar-refractivity contribution >= 4 is 5.69 Å². The van der Waals surface area contributed by atoms with Crippen LogP contribution >= 0.6 is 0 Å². The molecule has 0 amide bonds. The third-order valence-corrected chi connectivity index (χ3v) is 3.18. The monoisotopic (exact) mass is 290 g/mol. The Balaban J connectivity index is 1.96. The van der Waals surface area contributed by atoms with Gasteiger partial charge in [0.2, 0.25) is 0 Å². The second-order valence-electron chi connectivity index (χ2n) is 4.83. The number of nitro benzene ring substituents is 1. The van der Waals surface area contributed by atoms with Crippen LogP contribution in [0, 0.1) is 10.1 Å². The van der Waals surface area contributed by atoms with Crippen LogP contribution in [0.2, 0.25) is 0 Å². The van der Waals surface area contributed by atoms with Crippen LogP contribution in [-0.4, -0.2) is 18.1 Å². The van der Waals surface area contributed by atoms with Gasteiger partial charge >= 0.3 is 5.69 Å². The van der Waals surface area contributed by atoms with Gasteiger partial charge in [-0.3, -0.25) is 10.1 Å². The van der Waals surface area contributed by atoms with Gasteiger partial charge in [0.1, 0.15) is 5.76 Å². The molecule has 0 bridgehead atoms. The van der Waals surface area contributed by atoms with Gasteiger partial charge < -0.3 is 14.5 Å². The van der Waals surface area contributed by atoms with Crippen molar-refractivity contribution < 1.29 is 14.1 Å². The van der Waals surface area contributed by atoms with Crippen LogP contribution in [0.3, 0.4) is 0 Å². The molecule has 6 nitrogen and oxygen atoms in total. The number of methoxy groups -OCH3 is 1. The molecule has 2 aromatic rings. The van der Waals surface area contributed by atoms with E-state index in [0.717, 1.165) is 17.7 Å². The molecular weight excluding hydrogens is 272 g/mol. The second kappa shape index (κ2) is 6.90. The molecule has 2 rings (SSSR count). The molecule has 1 aromatic heterocycles. The Kier molecular flexibility index (Phi) is 4.94. The summed E-state index contributed by atoms with van der Waals surface area (Å²) < 4.78 is 10.3. The number of rotatable bonds is 7. The Morgan fingerprint density at radius 1 is 1.43 bits per heavy atom. The lowest BCUT2D eigenvalue weighted by Gasteiger charge is -2.12. The third kappa shape index (κ3) is 4.06. The quantitative estimate of drug-likeness (QED) is 0.626. The first-order valence-corrected chi connectivity index (χ1v) is 6.67. The molecule has 1 atom stereocenters. The number of nitro groups is 1. The van der Waals surface area contributed by atoms with E-state index in [1.165, 1.54) is 13.2 Å². The van der Waals surface area contributed by atoms with Gasteiger partial charge in [-0.15, -0.1) is 0 Å². The van der Waals surface area contributed by atoms with E-state index >= 15 is 0 Å². The standard InChI is InChI=1S/C15H18N2O4/c1-11(8-13-4-3-7-21-13)16-10-12-5-6-15(20-2)14(9-12)17(18)19/h3-7,9,11,16H,8,10H2,1-2H3. The minimum absolute atomic E-state index is 0.0181. The Labute approximate surface area is 122 Å². The summed E-state index contributed by atoms with van der Waals surface area (Å²) in [5.74, 6) is 1.18. The van der Waals surface area contributed by atoms with Gasteiger partial charge in [0.25, 0.3) is 0 Å². The summed E-state index contributed by atoms with van der Waals surface area (Å²) in [5, 5.41) is 14.3. The summed E-state index contributed by atoms with van der Waals surface area (Å²) in [7, 11) is 1.42. The normalized spacial score (nSPS) is 12.1. The maximum atomic E-state index is 11.0. The molecule has 0 aliphatic rings. The molecule has 0 spiro atoms. The fourth-order valence-corrected chi connectivity index (χ4v) is 2.08. The first kappa shape index (κ1) is 15.1. The maximum absolute atomic E-state index is 11.0. The summed E-state index contributed by atoms with van der Waals surface area (Å²) in [6.07, 6.45) is 2.42. The van der Waals surface area contributed by atoms with Gasteiger partial charge in [-0.2, -0.15) is 0 Å². The average Bonchev–Trinajstić information content (AvgIpc) is 2.97. The number of benzene rings is 1. The Morgan fingerprint density at radius 2 is 2.24 bits per heavy atom. The number of hydrogen-bond donors (Lipinski definition) is 1. The molecule has 0 aliphatic heterocycles. The van der Waals surface area contributed by atoms with Crippen LogP contribution in [0.5, 0.6) is 5.75 Å². The molecule has 0 saturated heterocycles. The van der Waals surface area contributed by atoms with Crippen molar-refractivity contribution in [2.45, 2.75) is 25.9 Å². The highest BCUT2D eigenvalue weighted by atomic mass is 16.6. The van der Waals surface area contributed by atoms with Crippen LogP contribution < -0.4 is 10.1 Å². The topological polar surface area (TPSA) is 77.5 Å². The van der Waals surface area contributed by atoms with Crippen LogP contribution in [0.25, 0.3) is 0 Å².